The zero-order valence-electron chi connectivity index (χ0n) is 9.72. The van der Waals surface area contributed by atoms with Crippen molar-refractivity contribution in [3.8, 4) is 0 Å². The van der Waals surface area contributed by atoms with Crippen molar-refractivity contribution < 1.29 is 0 Å². The van der Waals surface area contributed by atoms with Gasteiger partial charge in [-0.25, -0.2) is 0 Å². The fraction of sp³-hybridized carbons (Fsp3) is 0.214. The molecule has 2 rings (SSSR count). The number of nitrogens with zero attached hydrogens (tertiary/aromatic N) is 1. The van der Waals surface area contributed by atoms with Crippen LogP contribution >= 0.6 is 31.9 Å². The van der Waals surface area contributed by atoms with Crippen LogP contribution in [0, 0.1) is 0 Å². The van der Waals surface area contributed by atoms with Gasteiger partial charge >= 0.3 is 0 Å². The maximum Gasteiger partial charge on any atom is 0.264 e. The molecule has 1 heterocycles. The van der Waals surface area contributed by atoms with Crippen LogP contribution in [-0.4, -0.2) is 9.90 Å². The number of rotatable bonds is 4. The van der Waals surface area contributed by atoms with E-state index in [0.717, 1.165) is 5.33 Å². The molecule has 0 bridgehead atoms. The number of aromatic nitrogens is 1. The Morgan fingerprint density at radius 2 is 1.83 bits per heavy atom. The van der Waals surface area contributed by atoms with Crippen LogP contribution in [0.15, 0.2) is 57.9 Å². The summed E-state index contributed by atoms with van der Waals surface area (Å²) in [5.74, 6) is 0.290. The van der Waals surface area contributed by atoms with Crippen molar-refractivity contribution in [2.45, 2.75) is 12.5 Å². The van der Waals surface area contributed by atoms with Crippen LogP contribution < -0.4 is 5.56 Å². The van der Waals surface area contributed by atoms with Crippen LogP contribution in [0.25, 0.3) is 0 Å². The molecule has 0 spiro atoms. The lowest BCUT2D eigenvalue weighted by molar-refractivity contribution is 0.587. The second kappa shape index (κ2) is 6.34. The Balaban J connectivity index is 2.27. The Morgan fingerprint density at radius 3 is 2.50 bits per heavy atom. The van der Waals surface area contributed by atoms with Crippen molar-refractivity contribution in [1.29, 1.82) is 0 Å². The van der Waals surface area contributed by atoms with Crippen molar-refractivity contribution in [1.82, 2.24) is 4.57 Å². The molecule has 2 aromatic rings. The highest BCUT2D eigenvalue weighted by Gasteiger charge is 2.11. The van der Waals surface area contributed by atoms with Crippen LogP contribution in [0.1, 0.15) is 11.5 Å². The largest absolute Gasteiger partial charge is 0.314 e. The summed E-state index contributed by atoms with van der Waals surface area (Å²) in [7, 11) is 0. The molecule has 4 heteroatoms. The molecule has 0 radical (unpaired) electrons. The lowest BCUT2D eigenvalue weighted by Crippen LogP contribution is -2.23. The number of hydrogen-bond acceptors (Lipinski definition) is 1. The highest BCUT2D eigenvalue weighted by Crippen LogP contribution is 2.19. The summed E-state index contributed by atoms with van der Waals surface area (Å²) in [6.45, 7) is 0.674. The molecule has 0 N–H and O–H groups in total. The van der Waals surface area contributed by atoms with Crippen LogP contribution in [0.5, 0.6) is 0 Å². The predicted octanol–water partition coefficient (Wildman–Crippen LogP) is 3.79. The second-order valence-electron chi connectivity index (χ2n) is 4.08. The Morgan fingerprint density at radius 1 is 1.11 bits per heavy atom. The first-order valence-corrected chi connectivity index (χ1v) is 7.59. The molecule has 0 fully saturated rings. The number of benzene rings is 1. The van der Waals surface area contributed by atoms with Gasteiger partial charge in [0.1, 0.15) is 0 Å². The van der Waals surface area contributed by atoms with E-state index in [9.17, 15) is 4.79 Å². The van der Waals surface area contributed by atoms with Gasteiger partial charge in [0.2, 0.25) is 0 Å². The van der Waals surface area contributed by atoms with Crippen LogP contribution in [-0.2, 0) is 6.54 Å². The zero-order valence-corrected chi connectivity index (χ0v) is 12.9. The molecule has 0 aliphatic carbocycles. The SMILES string of the molecule is O=c1c(Br)cccn1CC(CBr)c1ccccc1. The standard InChI is InChI=1S/C14H13Br2NO/c15-9-12(11-5-2-1-3-6-11)10-17-8-4-7-13(16)14(17)18/h1-8,12H,9-10H2. The molecule has 1 atom stereocenters. The average Bonchev–Trinajstić information content (AvgIpc) is 2.41. The Kier molecular flexibility index (Phi) is 4.78. The van der Waals surface area contributed by atoms with E-state index >= 15 is 0 Å². The molecule has 1 aromatic carbocycles. The van der Waals surface area contributed by atoms with Gasteiger partial charge in [-0.1, -0.05) is 46.3 Å². The Bertz CT molecular complexity index is 566. The van der Waals surface area contributed by atoms with E-state index in [1.807, 2.05) is 30.5 Å². The van der Waals surface area contributed by atoms with Crippen molar-refractivity contribution in [3.63, 3.8) is 0 Å². The van der Waals surface area contributed by atoms with Gasteiger partial charge < -0.3 is 4.57 Å². The fourth-order valence-corrected chi connectivity index (χ4v) is 2.82. The van der Waals surface area contributed by atoms with Gasteiger partial charge in [0.15, 0.2) is 0 Å². The summed E-state index contributed by atoms with van der Waals surface area (Å²) < 4.78 is 2.34. The summed E-state index contributed by atoms with van der Waals surface area (Å²) in [5.41, 5.74) is 1.25. The van der Waals surface area contributed by atoms with Gasteiger partial charge in [-0.15, -0.1) is 0 Å². The third-order valence-electron chi connectivity index (χ3n) is 2.85. The van der Waals surface area contributed by atoms with Gasteiger partial charge in [0.25, 0.3) is 5.56 Å². The quantitative estimate of drug-likeness (QED) is 0.750. The van der Waals surface area contributed by atoms with E-state index in [1.165, 1.54) is 5.56 Å². The minimum Gasteiger partial charge on any atom is -0.314 e. The zero-order chi connectivity index (χ0) is 13.0. The van der Waals surface area contributed by atoms with Crippen LogP contribution in [0.3, 0.4) is 0 Å². The van der Waals surface area contributed by atoms with Crippen LogP contribution in [0.4, 0.5) is 0 Å². The van der Waals surface area contributed by atoms with Gasteiger partial charge in [-0.05, 0) is 33.6 Å². The molecule has 1 unspecified atom stereocenters. The van der Waals surface area contributed by atoms with Crippen molar-refractivity contribution in [2.24, 2.45) is 0 Å². The van der Waals surface area contributed by atoms with E-state index in [1.54, 1.807) is 10.6 Å². The Labute approximate surface area is 123 Å². The predicted molar refractivity (Wildman–Crippen MR) is 81.4 cm³/mol. The molecule has 94 valence electrons. The third kappa shape index (κ3) is 3.12. The van der Waals surface area contributed by atoms with E-state index in [0.29, 0.717) is 11.0 Å². The minimum atomic E-state index is 0.0133. The third-order valence-corrected chi connectivity index (χ3v) is 4.23. The number of alkyl halides is 1. The molecular weight excluding hydrogens is 358 g/mol. The first-order chi connectivity index (χ1) is 8.72. The summed E-state index contributed by atoms with van der Waals surface area (Å²) >= 11 is 6.80. The maximum absolute atomic E-state index is 12.0. The average molecular weight is 371 g/mol. The van der Waals surface area contributed by atoms with E-state index in [4.69, 9.17) is 0 Å². The Hall–Kier alpha value is -0.870. The lowest BCUT2D eigenvalue weighted by atomic mass is 10.0. The summed E-state index contributed by atoms with van der Waals surface area (Å²) in [4.78, 5) is 12.0. The van der Waals surface area contributed by atoms with E-state index in [2.05, 4.69) is 44.0 Å². The van der Waals surface area contributed by atoms with Crippen molar-refractivity contribution >= 4 is 31.9 Å². The molecule has 18 heavy (non-hydrogen) atoms. The van der Waals surface area contributed by atoms with Gasteiger partial charge in [0.05, 0.1) is 4.47 Å². The molecule has 0 saturated carbocycles. The molecule has 0 saturated heterocycles. The van der Waals surface area contributed by atoms with Gasteiger partial charge in [0, 0.05) is 24.0 Å². The maximum atomic E-state index is 12.0. The van der Waals surface area contributed by atoms with Crippen molar-refractivity contribution in [3.05, 3.63) is 69.1 Å². The highest BCUT2D eigenvalue weighted by atomic mass is 79.9. The second-order valence-corrected chi connectivity index (χ2v) is 5.58. The number of halogens is 2. The molecule has 0 aliphatic heterocycles. The molecule has 0 amide bonds. The summed E-state index contributed by atoms with van der Waals surface area (Å²) in [6, 6.07) is 13.9. The normalized spacial score (nSPS) is 12.3. The lowest BCUT2D eigenvalue weighted by Gasteiger charge is -2.16. The molecule has 2 nitrogen and oxygen atoms in total. The number of pyridine rings is 1. The van der Waals surface area contributed by atoms with Gasteiger partial charge in [-0.3, -0.25) is 4.79 Å². The number of hydrogen-bond donors (Lipinski definition) is 0. The van der Waals surface area contributed by atoms with E-state index in [-0.39, 0.29) is 11.5 Å². The fourth-order valence-electron chi connectivity index (χ4n) is 1.86. The minimum absolute atomic E-state index is 0.0133. The molecule has 0 aliphatic rings. The van der Waals surface area contributed by atoms with Crippen LogP contribution in [0.2, 0.25) is 0 Å². The monoisotopic (exact) mass is 369 g/mol. The molecular formula is C14H13Br2NO. The summed E-state index contributed by atoms with van der Waals surface area (Å²) in [6.07, 6.45) is 1.83. The summed E-state index contributed by atoms with van der Waals surface area (Å²) in [5, 5.41) is 0.829. The van der Waals surface area contributed by atoms with Crippen molar-refractivity contribution in [2.75, 3.05) is 5.33 Å². The smallest absolute Gasteiger partial charge is 0.264 e. The molecule has 1 aromatic heterocycles. The first kappa shape index (κ1) is 13.6. The topological polar surface area (TPSA) is 22.0 Å². The van der Waals surface area contributed by atoms with Gasteiger partial charge in [-0.2, -0.15) is 0 Å². The highest BCUT2D eigenvalue weighted by molar-refractivity contribution is 9.10. The first-order valence-electron chi connectivity index (χ1n) is 5.68. The van der Waals surface area contributed by atoms with E-state index < -0.39 is 0 Å².